The fourth-order valence-electron chi connectivity index (χ4n) is 2.25. The van der Waals surface area contributed by atoms with Crippen LogP contribution in [-0.2, 0) is 14.6 Å². The van der Waals surface area contributed by atoms with Crippen LogP contribution in [0.1, 0.15) is 24.7 Å². The third kappa shape index (κ3) is 4.20. The van der Waals surface area contributed by atoms with Crippen molar-refractivity contribution >= 4 is 15.7 Å². The predicted octanol–water partition coefficient (Wildman–Crippen LogP) is 2.97. The maximum absolute atomic E-state index is 13.0. The Morgan fingerprint density at radius 2 is 1.48 bits per heavy atom. The highest BCUT2D eigenvalue weighted by Crippen LogP contribution is 2.28. The number of sulfone groups is 1. The van der Waals surface area contributed by atoms with Gasteiger partial charge in [0.15, 0.2) is 9.84 Å². The van der Waals surface area contributed by atoms with E-state index in [-0.39, 0.29) is 23.3 Å². The smallest absolute Gasteiger partial charge is 0.222 e. The fourth-order valence-corrected chi connectivity index (χ4v) is 3.93. The van der Waals surface area contributed by atoms with Gasteiger partial charge in [0.1, 0.15) is 5.25 Å². The summed E-state index contributed by atoms with van der Waals surface area (Å²) in [6, 6.07) is 17.3. The van der Waals surface area contributed by atoms with Gasteiger partial charge in [-0.15, -0.1) is 0 Å². The van der Waals surface area contributed by atoms with Gasteiger partial charge in [0.25, 0.3) is 0 Å². The quantitative estimate of drug-likeness (QED) is 0.885. The van der Waals surface area contributed by atoms with Crippen molar-refractivity contribution < 1.29 is 13.2 Å². The summed E-state index contributed by atoms with van der Waals surface area (Å²) in [5.41, 5.74) is 0.667. The number of hydrogen-bond donors (Lipinski definition) is 1. The standard InChI is InChI=1S/C18H21NO3S/c1-14(2)18(20)19-13-17(15-9-5-3-6-10-15)23(21,22)16-11-7-4-8-12-16/h3-12,14,17H,13H2,1-2H3,(H,19,20)/t17-/m1/s1. The molecule has 2 rings (SSSR count). The van der Waals surface area contributed by atoms with Crippen LogP contribution in [0.2, 0.25) is 0 Å². The van der Waals surface area contributed by atoms with Crippen molar-refractivity contribution in [1.29, 1.82) is 0 Å². The van der Waals surface area contributed by atoms with Crippen LogP contribution in [0.4, 0.5) is 0 Å². The highest BCUT2D eigenvalue weighted by molar-refractivity contribution is 7.91. The number of amides is 1. The van der Waals surface area contributed by atoms with Crippen molar-refractivity contribution in [3.8, 4) is 0 Å². The monoisotopic (exact) mass is 331 g/mol. The van der Waals surface area contributed by atoms with Gasteiger partial charge in [0.2, 0.25) is 5.91 Å². The molecular weight excluding hydrogens is 310 g/mol. The summed E-state index contributed by atoms with van der Waals surface area (Å²) in [6.45, 7) is 3.61. The molecule has 4 nitrogen and oxygen atoms in total. The molecule has 1 amide bonds. The Balaban J connectivity index is 2.36. The zero-order valence-corrected chi connectivity index (χ0v) is 14.1. The molecule has 0 bridgehead atoms. The fraction of sp³-hybridized carbons (Fsp3) is 0.278. The van der Waals surface area contributed by atoms with Gasteiger partial charge >= 0.3 is 0 Å². The van der Waals surface area contributed by atoms with Crippen LogP contribution >= 0.6 is 0 Å². The van der Waals surface area contributed by atoms with E-state index in [1.165, 1.54) is 0 Å². The largest absolute Gasteiger partial charge is 0.354 e. The lowest BCUT2D eigenvalue weighted by Gasteiger charge is -2.19. The lowest BCUT2D eigenvalue weighted by Crippen LogP contribution is -2.34. The van der Waals surface area contributed by atoms with Gasteiger partial charge < -0.3 is 5.32 Å². The molecule has 0 spiro atoms. The van der Waals surface area contributed by atoms with Crippen molar-refractivity contribution in [2.24, 2.45) is 5.92 Å². The van der Waals surface area contributed by atoms with Gasteiger partial charge in [-0.1, -0.05) is 62.4 Å². The molecule has 0 heterocycles. The van der Waals surface area contributed by atoms with Gasteiger partial charge in [0, 0.05) is 12.5 Å². The third-order valence-electron chi connectivity index (χ3n) is 3.60. The molecule has 1 N–H and O–H groups in total. The van der Waals surface area contributed by atoms with E-state index in [1.807, 2.05) is 6.07 Å². The van der Waals surface area contributed by atoms with E-state index < -0.39 is 15.1 Å². The Morgan fingerprint density at radius 3 is 2.00 bits per heavy atom. The van der Waals surface area contributed by atoms with E-state index in [9.17, 15) is 13.2 Å². The molecule has 0 radical (unpaired) electrons. The summed E-state index contributed by atoms with van der Waals surface area (Å²) >= 11 is 0. The molecule has 0 unspecified atom stereocenters. The second-order valence-corrected chi connectivity index (χ2v) is 7.79. The molecule has 5 heteroatoms. The molecule has 122 valence electrons. The molecule has 2 aromatic rings. The normalized spacial score (nSPS) is 12.8. The first-order chi connectivity index (χ1) is 10.9. The van der Waals surface area contributed by atoms with Crippen LogP contribution in [-0.4, -0.2) is 20.9 Å². The van der Waals surface area contributed by atoms with Crippen molar-refractivity contribution in [2.75, 3.05) is 6.54 Å². The zero-order valence-electron chi connectivity index (χ0n) is 13.3. The van der Waals surface area contributed by atoms with E-state index in [2.05, 4.69) is 5.32 Å². The Kier molecular flexibility index (Phi) is 5.55. The summed E-state index contributed by atoms with van der Waals surface area (Å²) < 4.78 is 25.9. The molecule has 0 saturated heterocycles. The minimum Gasteiger partial charge on any atom is -0.354 e. The molecule has 1 atom stereocenters. The second-order valence-electron chi connectivity index (χ2n) is 5.66. The van der Waals surface area contributed by atoms with Crippen molar-refractivity contribution in [1.82, 2.24) is 5.32 Å². The first-order valence-corrected chi connectivity index (χ1v) is 9.09. The van der Waals surface area contributed by atoms with Gasteiger partial charge in [-0.2, -0.15) is 0 Å². The van der Waals surface area contributed by atoms with E-state index in [0.717, 1.165) is 0 Å². The van der Waals surface area contributed by atoms with Gasteiger partial charge in [-0.05, 0) is 17.7 Å². The topological polar surface area (TPSA) is 63.2 Å². The summed E-state index contributed by atoms with van der Waals surface area (Å²) in [6.07, 6.45) is 0. The van der Waals surface area contributed by atoms with Crippen LogP contribution in [0.5, 0.6) is 0 Å². The van der Waals surface area contributed by atoms with Gasteiger partial charge in [0.05, 0.1) is 4.90 Å². The Labute approximate surface area is 137 Å². The van der Waals surface area contributed by atoms with E-state index in [1.54, 1.807) is 68.4 Å². The zero-order chi connectivity index (χ0) is 16.9. The molecule has 0 aromatic heterocycles. The van der Waals surface area contributed by atoms with Gasteiger partial charge in [-0.3, -0.25) is 4.79 Å². The summed E-state index contributed by atoms with van der Waals surface area (Å²) in [4.78, 5) is 12.1. The number of hydrogen-bond acceptors (Lipinski definition) is 3. The minimum atomic E-state index is -3.59. The average Bonchev–Trinajstić information content (AvgIpc) is 2.56. The Bertz CT molecular complexity index is 740. The maximum Gasteiger partial charge on any atom is 0.222 e. The highest BCUT2D eigenvalue weighted by atomic mass is 32.2. The number of carbonyl (C=O) groups excluding carboxylic acids is 1. The molecule has 0 aliphatic carbocycles. The molecular formula is C18H21NO3S. The SMILES string of the molecule is CC(C)C(=O)NC[C@H](c1ccccc1)S(=O)(=O)c1ccccc1. The van der Waals surface area contributed by atoms with E-state index in [4.69, 9.17) is 0 Å². The van der Waals surface area contributed by atoms with E-state index in [0.29, 0.717) is 5.56 Å². The average molecular weight is 331 g/mol. The molecule has 0 saturated carbocycles. The first-order valence-electron chi connectivity index (χ1n) is 7.54. The molecule has 2 aromatic carbocycles. The first kappa shape index (κ1) is 17.2. The molecule has 0 aliphatic rings. The van der Waals surface area contributed by atoms with Gasteiger partial charge in [-0.25, -0.2) is 8.42 Å². The number of rotatable bonds is 6. The van der Waals surface area contributed by atoms with Crippen LogP contribution in [0.3, 0.4) is 0 Å². The minimum absolute atomic E-state index is 0.0538. The van der Waals surface area contributed by atoms with Crippen LogP contribution in [0, 0.1) is 5.92 Å². The van der Waals surface area contributed by atoms with Crippen LogP contribution in [0.15, 0.2) is 65.6 Å². The van der Waals surface area contributed by atoms with Crippen molar-refractivity contribution in [2.45, 2.75) is 24.0 Å². The predicted molar refractivity (Wildman–Crippen MR) is 90.7 cm³/mol. The summed E-state index contributed by atoms with van der Waals surface area (Å²) in [7, 11) is -3.59. The summed E-state index contributed by atoms with van der Waals surface area (Å²) in [5, 5.41) is 1.93. The van der Waals surface area contributed by atoms with Crippen LogP contribution in [0.25, 0.3) is 0 Å². The molecule has 23 heavy (non-hydrogen) atoms. The number of nitrogens with one attached hydrogen (secondary N) is 1. The molecule has 0 aliphatic heterocycles. The van der Waals surface area contributed by atoms with Crippen molar-refractivity contribution in [3.63, 3.8) is 0 Å². The molecule has 0 fully saturated rings. The van der Waals surface area contributed by atoms with E-state index >= 15 is 0 Å². The number of benzene rings is 2. The maximum atomic E-state index is 13.0. The lowest BCUT2D eigenvalue weighted by atomic mass is 10.1. The second kappa shape index (κ2) is 7.42. The van der Waals surface area contributed by atoms with Crippen LogP contribution < -0.4 is 5.32 Å². The van der Waals surface area contributed by atoms with Crippen molar-refractivity contribution in [3.05, 3.63) is 66.2 Å². The summed E-state index contributed by atoms with van der Waals surface area (Å²) in [5.74, 6) is -0.347. The highest BCUT2D eigenvalue weighted by Gasteiger charge is 2.29. The number of carbonyl (C=O) groups is 1. The lowest BCUT2D eigenvalue weighted by molar-refractivity contribution is -0.123. The Morgan fingerprint density at radius 1 is 0.957 bits per heavy atom. The third-order valence-corrected chi connectivity index (χ3v) is 5.72. The Hall–Kier alpha value is -2.14.